The van der Waals surface area contributed by atoms with E-state index in [4.69, 9.17) is 11.6 Å². The molecule has 2 N–H and O–H groups in total. The van der Waals surface area contributed by atoms with E-state index in [0.29, 0.717) is 10.8 Å². The molecular weight excluding hydrogens is 236 g/mol. The predicted molar refractivity (Wildman–Crippen MR) is 71.1 cm³/mol. The lowest BCUT2D eigenvalue weighted by Gasteiger charge is -2.09. The Morgan fingerprint density at radius 2 is 1.94 bits per heavy atom. The molecule has 0 bridgehead atoms. The van der Waals surface area contributed by atoms with Gasteiger partial charge in [0, 0.05) is 17.8 Å². The maximum Gasteiger partial charge on any atom is 0.151 e. The SMILES string of the molecule is CNc1cncc(Nc2cc(Cl)ccc2C)n1. The molecule has 0 spiro atoms. The molecule has 0 unspecified atom stereocenters. The summed E-state index contributed by atoms with van der Waals surface area (Å²) in [6.45, 7) is 2.01. The Balaban J connectivity index is 2.27. The van der Waals surface area contributed by atoms with Gasteiger partial charge in [0.05, 0.1) is 12.4 Å². The van der Waals surface area contributed by atoms with E-state index in [0.717, 1.165) is 17.1 Å². The second-order valence-corrected chi connectivity index (χ2v) is 4.06. The van der Waals surface area contributed by atoms with Crippen LogP contribution in [0.3, 0.4) is 0 Å². The number of hydrogen-bond acceptors (Lipinski definition) is 4. The minimum Gasteiger partial charge on any atom is -0.372 e. The molecule has 0 radical (unpaired) electrons. The standard InChI is InChI=1S/C12H13ClN4/c1-8-3-4-9(13)5-10(8)16-12-7-15-6-11(14-2)17-12/h3-7H,1-2H3,(H2,14,16,17). The number of nitrogens with one attached hydrogen (secondary N) is 2. The molecule has 1 heterocycles. The third-order valence-corrected chi connectivity index (χ3v) is 2.59. The van der Waals surface area contributed by atoms with Crippen molar-refractivity contribution in [2.45, 2.75) is 6.92 Å². The molecule has 17 heavy (non-hydrogen) atoms. The number of aromatic nitrogens is 2. The number of rotatable bonds is 3. The van der Waals surface area contributed by atoms with Crippen LogP contribution in [0.15, 0.2) is 30.6 Å². The van der Waals surface area contributed by atoms with Crippen LogP contribution in [0.5, 0.6) is 0 Å². The predicted octanol–water partition coefficient (Wildman–Crippen LogP) is 3.22. The lowest BCUT2D eigenvalue weighted by Crippen LogP contribution is -1.99. The van der Waals surface area contributed by atoms with E-state index in [1.807, 2.05) is 25.1 Å². The number of hydrogen-bond donors (Lipinski definition) is 2. The van der Waals surface area contributed by atoms with Crippen molar-refractivity contribution >= 4 is 28.9 Å². The molecule has 2 aromatic rings. The molecule has 0 amide bonds. The minimum absolute atomic E-state index is 0.683. The van der Waals surface area contributed by atoms with Crippen LogP contribution in [-0.2, 0) is 0 Å². The normalized spacial score (nSPS) is 10.1. The number of halogens is 1. The van der Waals surface area contributed by atoms with Gasteiger partial charge in [0.15, 0.2) is 5.82 Å². The van der Waals surface area contributed by atoms with E-state index in [-0.39, 0.29) is 0 Å². The van der Waals surface area contributed by atoms with Gasteiger partial charge in [-0.25, -0.2) is 4.98 Å². The van der Waals surface area contributed by atoms with Gasteiger partial charge in [-0.15, -0.1) is 0 Å². The highest BCUT2D eigenvalue weighted by atomic mass is 35.5. The Bertz CT molecular complexity index is 528. The summed E-state index contributed by atoms with van der Waals surface area (Å²) in [6, 6.07) is 5.68. The molecule has 2 rings (SSSR count). The van der Waals surface area contributed by atoms with E-state index in [1.165, 1.54) is 0 Å². The summed E-state index contributed by atoms with van der Waals surface area (Å²) in [7, 11) is 1.80. The lowest BCUT2D eigenvalue weighted by molar-refractivity contribution is 1.18. The molecule has 5 heteroatoms. The second kappa shape index (κ2) is 5.01. The van der Waals surface area contributed by atoms with Gasteiger partial charge < -0.3 is 10.6 Å². The molecule has 0 aliphatic heterocycles. The minimum atomic E-state index is 0.683. The zero-order valence-corrected chi connectivity index (χ0v) is 10.4. The zero-order valence-electron chi connectivity index (χ0n) is 9.66. The smallest absolute Gasteiger partial charge is 0.151 e. The van der Waals surface area contributed by atoms with Gasteiger partial charge in [0.1, 0.15) is 5.82 Å². The molecule has 1 aromatic heterocycles. The van der Waals surface area contributed by atoms with Crippen molar-refractivity contribution in [3.8, 4) is 0 Å². The fourth-order valence-corrected chi connectivity index (χ4v) is 1.59. The van der Waals surface area contributed by atoms with Gasteiger partial charge in [-0.1, -0.05) is 17.7 Å². The van der Waals surface area contributed by atoms with E-state index in [9.17, 15) is 0 Å². The molecule has 0 aliphatic rings. The monoisotopic (exact) mass is 248 g/mol. The number of aryl methyl sites for hydroxylation is 1. The van der Waals surface area contributed by atoms with E-state index < -0.39 is 0 Å². The van der Waals surface area contributed by atoms with Crippen LogP contribution in [0, 0.1) is 6.92 Å². The fraction of sp³-hybridized carbons (Fsp3) is 0.167. The summed E-state index contributed by atoms with van der Waals surface area (Å²) in [6.07, 6.45) is 3.33. The van der Waals surface area contributed by atoms with Gasteiger partial charge in [-0.05, 0) is 24.6 Å². The molecular formula is C12H13ClN4. The van der Waals surface area contributed by atoms with Crippen molar-refractivity contribution in [1.29, 1.82) is 0 Å². The summed E-state index contributed by atoms with van der Waals surface area (Å²) in [5.41, 5.74) is 2.03. The van der Waals surface area contributed by atoms with Crippen LogP contribution in [-0.4, -0.2) is 17.0 Å². The van der Waals surface area contributed by atoms with Gasteiger partial charge >= 0.3 is 0 Å². The van der Waals surface area contributed by atoms with E-state index in [2.05, 4.69) is 20.6 Å². The summed E-state index contributed by atoms with van der Waals surface area (Å²) in [5, 5.41) is 6.82. The molecule has 1 aromatic carbocycles. The highest BCUT2D eigenvalue weighted by Crippen LogP contribution is 2.23. The largest absolute Gasteiger partial charge is 0.372 e. The van der Waals surface area contributed by atoms with Gasteiger partial charge in [0.2, 0.25) is 0 Å². The molecule has 0 fully saturated rings. The first-order chi connectivity index (χ1) is 8.19. The summed E-state index contributed by atoms with van der Waals surface area (Å²) in [5.74, 6) is 1.40. The fourth-order valence-electron chi connectivity index (χ4n) is 1.41. The maximum absolute atomic E-state index is 5.95. The first-order valence-corrected chi connectivity index (χ1v) is 5.60. The third-order valence-electron chi connectivity index (χ3n) is 2.35. The molecule has 0 saturated heterocycles. The van der Waals surface area contributed by atoms with Crippen LogP contribution in [0.4, 0.5) is 17.3 Å². The summed E-state index contributed by atoms with van der Waals surface area (Å²) >= 11 is 5.95. The highest BCUT2D eigenvalue weighted by Gasteiger charge is 2.02. The number of nitrogens with zero attached hydrogens (tertiary/aromatic N) is 2. The van der Waals surface area contributed by atoms with Crippen LogP contribution in [0.1, 0.15) is 5.56 Å². The van der Waals surface area contributed by atoms with Crippen molar-refractivity contribution in [3.05, 3.63) is 41.2 Å². The first-order valence-electron chi connectivity index (χ1n) is 5.22. The Morgan fingerprint density at radius 3 is 2.71 bits per heavy atom. The maximum atomic E-state index is 5.95. The van der Waals surface area contributed by atoms with E-state index in [1.54, 1.807) is 19.4 Å². The van der Waals surface area contributed by atoms with Crippen molar-refractivity contribution in [2.24, 2.45) is 0 Å². The Morgan fingerprint density at radius 1 is 1.18 bits per heavy atom. The summed E-state index contributed by atoms with van der Waals surface area (Å²) in [4.78, 5) is 8.41. The van der Waals surface area contributed by atoms with Crippen LogP contribution in [0.2, 0.25) is 5.02 Å². The first kappa shape index (κ1) is 11.7. The van der Waals surface area contributed by atoms with Gasteiger partial charge in [-0.3, -0.25) is 4.98 Å². The Labute approximate surface area is 105 Å². The Hall–Kier alpha value is -1.81. The van der Waals surface area contributed by atoms with Crippen LogP contribution in [0.25, 0.3) is 0 Å². The topological polar surface area (TPSA) is 49.8 Å². The highest BCUT2D eigenvalue weighted by molar-refractivity contribution is 6.30. The van der Waals surface area contributed by atoms with Crippen molar-refractivity contribution in [2.75, 3.05) is 17.7 Å². The van der Waals surface area contributed by atoms with Crippen molar-refractivity contribution in [3.63, 3.8) is 0 Å². The summed E-state index contributed by atoms with van der Waals surface area (Å²) < 4.78 is 0. The average molecular weight is 249 g/mol. The molecule has 4 nitrogen and oxygen atoms in total. The quantitative estimate of drug-likeness (QED) is 0.876. The molecule has 0 atom stereocenters. The molecule has 88 valence electrons. The number of anilines is 3. The van der Waals surface area contributed by atoms with Crippen molar-refractivity contribution in [1.82, 2.24) is 9.97 Å². The second-order valence-electron chi connectivity index (χ2n) is 3.62. The molecule has 0 aliphatic carbocycles. The number of benzene rings is 1. The average Bonchev–Trinajstić information content (AvgIpc) is 2.34. The zero-order chi connectivity index (χ0) is 12.3. The van der Waals surface area contributed by atoms with E-state index >= 15 is 0 Å². The Kier molecular flexibility index (Phi) is 3.44. The molecule has 0 saturated carbocycles. The van der Waals surface area contributed by atoms with Crippen LogP contribution >= 0.6 is 11.6 Å². The third kappa shape index (κ3) is 2.85. The van der Waals surface area contributed by atoms with Crippen LogP contribution < -0.4 is 10.6 Å². The van der Waals surface area contributed by atoms with Gasteiger partial charge in [0.25, 0.3) is 0 Å². The van der Waals surface area contributed by atoms with Crippen molar-refractivity contribution < 1.29 is 0 Å². The van der Waals surface area contributed by atoms with Gasteiger partial charge in [-0.2, -0.15) is 0 Å². The lowest BCUT2D eigenvalue weighted by atomic mass is 10.2.